The van der Waals surface area contributed by atoms with Crippen LogP contribution in [-0.2, 0) is 5.75 Å². The lowest BCUT2D eigenvalue weighted by molar-refractivity contribution is 0.617. The molecule has 0 aliphatic rings. The Morgan fingerprint density at radius 2 is 2.24 bits per heavy atom. The molecule has 17 heavy (non-hydrogen) atoms. The van der Waals surface area contributed by atoms with E-state index in [4.69, 9.17) is 0 Å². The van der Waals surface area contributed by atoms with Gasteiger partial charge in [-0.1, -0.05) is 6.07 Å². The van der Waals surface area contributed by atoms with Crippen LogP contribution in [0.2, 0.25) is 0 Å². The van der Waals surface area contributed by atoms with Crippen LogP contribution in [0.25, 0.3) is 0 Å². The van der Waals surface area contributed by atoms with E-state index in [-0.39, 0.29) is 5.82 Å². The molecule has 5 heteroatoms. The van der Waals surface area contributed by atoms with E-state index >= 15 is 0 Å². The third kappa shape index (κ3) is 3.03. The van der Waals surface area contributed by atoms with Gasteiger partial charge in [0.2, 0.25) is 0 Å². The second-order valence-corrected chi connectivity index (χ2v) is 6.17. The first-order valence-corrected chi connectivity index (χ1v) is 7.69. The van der Waals surface area contributed by atoms with Gasteiger partial charge in [0.25, 0.3) is 0 Å². The molecule has 1 N–H and O–H groups in total. The van der Waals surface area contributed by atoms with Gasteiger partial charge in [0.15, 0.2) is 0 Å². The van der Waals surface area contributed by atoms with Crippen LogP contribution in [0.3, 0.4) is 0 Å². The summed E-state index contributed by atoms with van der Waals surface area (Å²) in [5.74, 6) is 0.631. The lowest BCUT2D eigenvalue weighted by Crippen LogP contribution is -1.93. The summed E-state index contributed by atoms with van der Waals surface area (Å²) in [4.78, 5) is 2.20. The van der Waals surface area contributed by atoms with Crippen LogP contribution in [0.5, 0.6) is 0 Å². The lowest BCUT2D eigenvalue weighted by atomic mass is 10.3. The summed E-state index contributed by atoms with van der Waals surface area (Å²) in [6, 6.07) is 7.34. The van der Waals surface area contributed by atoms with Crippen LogP contribution in [0.15, 0.2) is 39.0 Å². The third-order valence-corrected chi connectivity index (χ3v) is 5.52. The van der Waals surface area contributed by atoms with Crippen molar-refractivity contribution in [2.75, 3.05) is 12.4 Å². The molecule has 0 aliphatic heterocycles. The summed E-state index contributed by atoms with van der Waals surface area (Å²) in [5, 5.41) is 5.13. The quantitative estimate of drug-likeness (QED) is 0.792. The number of nitrogens with one attached hydrogen (secondary N) is 1. The van der Waals surface area contributed by atoms with Crippen molar-refractivity contribution in [2.45, 2.75) is 10.6 Å². The molecule has 0 atom stereocenters. The Balaban J connectivity index is 2.21. The lowest BCUT2D eigenvalue weighted by Gasteiger charge is -2.11. The summed E-state index contributed by atoms with van der Waals surface area (Å²) in [7, 11) is 1.84. The van der Waals surface area contributed by atoms with E-state index in [1.165, 1.54) is 10.9 Å². The highest BCUT2D eigenvalue weighted by molar-refractivity contribution is 9.10. The fourth-order valence-electron chi connectivity index (χ4n) is 1.41. The second kappa shape index (κ2) is 5.89. The Morgan fingerprint density at radius 3 is 2.88 bits per heavy atom. The number of thiophene rings is 1. The number of thioether (sulfide) groups is 1. The molecule has 1 heterocycles. The van der Waals surface area contributed by atoms with Gasteiger partial charge >= 0.3 is 0 Å². The molecular weight excluding hydrogens is 321 g/mol. The van der Waals surface area contributed by atoms with E-state index in [0.29, 0.717) is 4.47 Å². The van der Waals surface area contributed by atoms with Crippen LogP contribution in [0.1, 0.15) is 4.88 Å². The third-order valence-electron chi connectivity index (χ3n) is 2.26. The first-order chi connectivity index (χ1) is 8.22. The molecule has 0 aliphatic carbocycles. The summed E-state index contributed by atoms with van der Waals surface area (Å²) in [5.41, 5.74) is 0.944. The van der Waals surface area contributed by atoms with E-state index in [1.54, 1.807) is 29.2 Å². The summed E-state index contributed by atoms with van der Waals surface area (Å²) >= 11 is 6.65. The first kappa shape index (κ1) is 12.9. The van der Waals surface area contributed by atoms with Gasteiger partial charge in [0.1, 0.15) is 5.82 Å². The summed E-state index contributed by atoms with van der Waals surface area (Å²) in [6.45, 7) is 0. The Bertz CT molecular complexity index is 499. The molecule has 1 aromatic carbocycles. The molecule has 2 aromatic rings. The SMILES string of the molecule is CNc1ccc(F)c(Br)c1SCc1cccs1. The standard InChI is InChI=1S/C12H11BrFNS2/c1-15-10-5-4-9(14)11(13)12(10)17-7-8-3-2-6-16-8/h2-6,15H,7H2,1H3. The molecule has 0 saturated carbocycles. The predicted octanol–water partition coefficient (Wildman–Crippen LogP) is 4.98. The van der Waals surface area contributed by atoms with Crippen molar-refractivity contribution in [1.82, 2.24) is 0 Å². The molecule has 0 bridgehead atoms. The van der Waals surface area contributed by atoms with Crippen molar-refractivity contribution in [3.8, 4) is 0 Å². The van der Waals surface area contributed by atoms with Crippen molar-refractivity contribution >= 4 is 44.7 Å². The van der Waals surface area contributed by atoms with Gasteiger partial charge in [-0.25, -0.2) is 4.39 Å². The van der Waals surface area contributed by atoms with E-state index in [1.807, 2.05) is 13.1 Å². The Morgan fingerprint density at radius 1 is 1.41 bits per heavy atom. The molecule has 1 aromatic heterocycles. The fourth-order valence-corrected chi connectivity index (χ4v) is 3.97. The number of hydrogen-bond acceptors (Lipinski definition) is 3. The van der Waals surface area contributed by atoms with Gasteiger partial charge in [0, 0.05) is 28.3 Å². The van der Waals surface area contributed by atoms with Crippen LogP contribution in [0, 0.1) is 5.82 Å². The average molecular weight is 332 g/mol. The maximum Gasteiger partial charge on any atom is 0.138 e. The van der Waals surface area contributed by atoms with Gasteiger partial charge in [-0.05, 0) is 39.5 Å². The summed E-state index contributed by atoms with van der Waals surface area (Å²) < 4.78 is 14.0. The largest absolute Gasteiger partial charge is 0.387 e. The molecule has 90 valence electrons. The van der Waals surface area contributed by atoms with Crippen LogP contribution in [0.4, 0.5) is 10.1 Å². The zero-order valence-corrected chi connectivity index (χ0v) is 12.4. The zero-order chi connectivity index (χ0) is 12.3. The van der Waals surface area contributed by atoms with Gasteiger partial charge in [-0.2, -0.15) is 0 Å². The normalized spacial score (nSPS) is 10.5. The molecular formula is C12H11BrFNS2. The molecule has 0 spiro atoms. The van der Waals surface area contributed by atoms with E-state index in [9.17, 15) is 4.39 Å². The van der Waals surface area contributed by atoms with Crippen LogP contribution < -0.4 is 5.32 Å². The van der Waals surface area contributed by atoms with E-state index in [0.717, 1.165) is 16.3 Å². The van der Waals surface area contributed by atoms with Crippen molar-refractivity contribution < 1.29 is 4.39 Å². The highest BCUT2D eigenvalue weighted by atomic mass is 79.9. The average Bonchev–Trinajstić information content (AvgIpc) is 2.84. The van der Waals surface area contributed by atoms with E-state index < -0.39 is 0 Å². The van der Waals surface area contributed by atoms with Crippen LogP contribution in [-0.4, -0.2) is 7.05 Å². The Kier molecular flexibility index (Phi) is 4.48. The number of benzene rings is 1. The topological polar surface area (TPSA) is 12.0 Å². The minimum atomic E-state index is -0.224. The van der Waals surface area contributed by atoms with E-state index in [2.05, 4.69) is 32.7 Å². The van der Waals surface area contributed by atoms with Crippen LogP contribution >= 0.6 is 39.0 Å². The zero-order valence-electron chi connectivity index (χ0n) is 9.17. The number of halogens is 2. The smallest absolute Gasteiger partial charge is 0.138 e. The maximum atomic E-state index is 13.5. The fraction of sp³-hybridized carbons (Fsp3) is 0.167. The van der Waals surface area contributed by atoms with Gasteiger partial charge in [-0.3, -0.25) is 0 Å². The Labute approximate surface area is 117 Å². The highest BCUT2D eigenvalue weighted by Gasteiger charge is 2.11. The molecule has 0 radical (unpaired) electrons. The molecule has 0 unspecified atom stereocenters. The molecule has 2 rings (SSSR count). The first-order valence-electron chi connectivity index (χ1n) is 5.03. The van der Waals surface area contributed by atoms with Gasteiger partial charge in [-0.15, -0.1) is 23.1 Å². The molecule has 1 nitrogen and oxygen atoms in total. The number of anilines is 1. The minimum absolute atomic E-state index is 0.224. The van der Waals surface area contributed by atoms with Crippen molar-refractivity contribution in [1.29, 1.82) is 0 Å². The maximum absolute atomic E-state index is 13.5. The predicted molar refractivity (Wildman–Crippen MR) is 77.5 cm³/mol. The van der Waals surface area contributed by atoms with Gasteiger partial charge < -0.3 is 5.32 Å². The molecule has 0 saturated heterocycles. The number of rotatable bonds is 4. The highest BCUT2D eigenvalue weighted by Crippen LogP contribution is 2.38. The second-order valence-electron chi connectivity index (χ2n) is 3.36. The Hall–Kier alpha value is -0.520. The van der Waals surface area contributed by atoms with Gasteiger partial charge in [0.05, 0.1) is 4.47 Å². The summed E-state index contributed by atoms with van der Waals surface area (Å²) in [6.07, 6.45) is 0. The molecule has 0 fully saturated rings. The molecule has 0 amide bonds. The minimum Gasteiger partial charge on any atom is -0.387 e. The van der Waals surface area contributed by atoms with Crippen molar-refractivity contribution in [2.24, 2.45) is 0 Å². The monoisotopic (exact) mass is 331 g/mol. The van der Waals surface area contributed by atoms with Crippen molar-refractivity contribution in [3.05, 3.63) is 44.8 Å². The van der Waals surface area contributed by atoms with Crippen molar-refractivity contribution in [3.63, 3.8) is 0 Å². The number of hydrogen-bond donors (Lipinski definition) is 1.